The number of amides is 1. The third-order valence-corrected chi connectivity index (χ3v) is 4.19. The zero-order chi connectivity index (χ0) is 17.8. The molecular weight excluding hydrogens is 385 g/mol. The van der Waals surface area contributed by atoms with Crippen LogP contribution in [0.15, 0.2) is 58.2 Å². The lowest BCUT2D eigenvalue weighted by Gasteiger charge is -2.03. The highest BCUT2D eigenvalue weighted by atomic mass is 35.5. The number of pyridine rings is 1. The Morgan fingerprint density at radius 1 is 1.08 bits per heavy atom. The third-order valence-electron chi connectivity index (χ3n) is 3.16. The molecular formula is C17H10Cl3N3O2. The number of nitrogens with zero attached hydrogens (tertiary/aromatic N) is 2. The van der Waals surface area contributed by atoms with E-state index in [1.165, 1.54) is 12.4 Å². The van der Waals surface area contributed by atoms with Crippen LogP contribution in [-0.4, -0.2) is 17.1 Å². The van der Waals surface area contributed by atoms with Crippen molar-refractivity contribution in [2.75, 3.05) is 0 Å². The Bertz CT molecular complexity index is 940. The minimum absolute atomic E-state index is 0.266. The smallest absolute Gasteiger partial charge is 0.289 e. The number of hydrogen-bond acceptors (Lipinski definition) is 4. The third kappa shape index (κ3) is 4.20. The van der Waals surface area contributed by atoms with Gasteiger partial charge in [0, 0.05) is 11.8 Å². The van der Waals surface area contributed by atoms with Crippen LogP contribution in [0.3, 0.4) is 0 Å². The van der Waals surface area contributed by atoms with E-state index in [4.69, 9.17) is 39.2 Å². The molecule has 5 nitrogen and oxygen atoms in total. The van der Waals surface area contributed by atoms with Crippen LogP contribution in [0, 0.1) is 0 Å². The van der Waals surface area contributed by atoms with Gasteiger partial charge in [-0.25, -0.2) is 5.43 Å². The van der Waals surface area contributed by atoms with Crippen molar-refractivity contribution in [3.05, 3.63) is 75.2 Å². The summed E-state index contributed by atoms with van der Waals surface area (Å²) in [5.74, 6) is 0.510. The van der Waals surface area contributed by atoms with E-state index in [9.17, 15) is 4.79 Å². The van der Waals surface area contributed by atoms with Gasteiger partial charge in [0.1, 0.15) is 17.2 Å². The highest BCUT2D eigenvalue weighted by molar-refractivity contribution is 6.44. The topological polar surface area (TPSA) is 67.5 Å². The van der Waals surface area contributed by atoms with Gasteiger partial charge in [0.2, 0.25) is 0 Å². The fourth-order valence-corrected chi connectivity index (χ4v) is 2.63. The monoisotopic (exact) mass is 393 g/mol. The highest BCUT2D eigenvalue weighted by Gasteiger charge is 2.11. The van der Waals surface area contributed by atoms with Crippen molar-refractivity contribution < 1.29 is 9.21 Å². The van der Waals surface area contributed by atoms with E-state index in [1.54, 1.807) is 42.5 Å². The minimum atomic E-state index is -0.420. The molecule has 0 saturated heterocycles. The molecule has 0 saturated carbocycles. The van der Waals surface area contributed by atoms with E-state index in [0.717, 1.165) is 0 Å². The second-order valence-corrected chi connectivity index (χ2v) is 6.08. The molecule has 0 atom stereocenters. The standard InChI is InChI=1S/C17H10Cl3N3O2/c18-12-8-14(20)13(19)7-11(12)16-5-4-10(25-16)9-22-23-17(24)15-3-1-2-6-21-15/h1-9H,(H,23,24). The van der Waals surface area contributed by atoms with Crippen LogP contribution in [-0.2, 0) is 0 Å². The number of furan rings is 1. The van der Waals surface area contributed by atoms with Gasteiger partial charge in [-0.15, -0.1) is 0 Å². The molecule has 2 heterocycles. The number of benzene rings is 1. The summed E-state index contributed by atoms with van der Waals surface area (Å²) in [4.78, 5) is 15.7. The molecule has 0 radical (unpaired) electrons. The molecule has 3 aromatic rings. The molecule has 0 fully saturated rings. The van der Waals surface area contributed by atoms with Crippen LogP contribution in [0.25, 0.3) is 11.3 Å². The van der Waals surface area contributed by atoms with Crippen molar-refractivity contribution in [3.63, 3.8) is 0 Å². The van der Waals surface area contributed by atoms with Crippen LogP contribution in [0.5, 0.6) is 0 Å². The van der Waals surface area contributed by atoms with E-state index < -0.39 is 5.91 Å². The van der Waals surface area contributed by atoms with Gasteiger partial charge in [-0.3, -0.25) is 9.78 Å². The largest absolute Gasteiger partial charge is 0.455 e. The molecule has 0 unspecified atom stereocenters. The van der Waals surface area contributed by atoms with Gasteiger partial charge in [0.15, 0.2) is 0 Å². The summed E-state index contributed by atoms with van der Waals surface area (Å²) in [5.41, 5.74) is 3.24. The number of carbonyl (C=O) groups excluding carboxylic acids is 1. The molecule has 2 aromatic heterocycles. The van der Waals surface area contributed by atoms with Gasteiger partial charge in [-0.05, 0) is 36.4 Å². The lowest BCUT2D eigenvalue weighted by atomic mass is 10.2. The van der Waals surface area contributed by atoms with Gasteiger partial charge in [0.05, 0.1) is 21.3 Å². The van der Waals surface area contributed by atoms with Gasteiger partial charge >= 0.3 is 0 Å². The average molecular weight is 395 g/mol. The predicted molar refractivity (Wildman–Crippen MR) is 98.5 cm³/mol. The van der Waals surface area contributed by atoms with Gasteiger partial charge in [-0.1, -0.05) is 40.9 Å². The fraction of sp³-hybridized carbons (Fsp3) is 0. The highest BCUT2D eigenvalue weighted by Crippen LogP contribution is 2.35. The molecule has 0 bridgehead atoms. The summed E-state index contributed by atoms with van der Waals surface area (Å²) in [7, 11) is 0. The molecule has 3 rings (SSSR count). The Balaban J connectivity index is 1.72. The maximum atomic E-state index is 11.8. The maximum Gasteiger partial charge on any atom is 0.289 e. The number of hydrogen-bond donors (Lipinski definition) is 1. The molecule has 0 aliphatic heterocycles. The Kier molecular flexibility index (Phi) is 5.38. The van der Waals surface area contributed by atoms with Crippen LogP contribution in [0.1, 0.15) is 16.2 Å². The molecule has 25 heavy (non-hydrogen) atoms. The lowest BCUT2D eigenvalue weighted by molar-refractivity contribution is 0.0950. The number of carbonyl (C=O) groups is 1. The summed E-state index contributed by atoms with van der Waals surface area (Å²) in [6, 6.07) is 11.6. The molecule has 126 valence electrons. The first-order valence-electron chi connectivity index (χ1n) is 7.04. The zero-order valence-corrected chi connectivity index (χ0v) is 14.8. The number of nitrogens with one attached hydrogen (secondary N) is 1. The number of hydrazone groups is 1. The summed E-state index contributed by atoms with van der Waals surface area (Å²) < 4.78 is 5.63. The molecule has 0 aliphatic rings. The molecule has 8 heteroatoms. The summed E-state index contributed by atoms with van der Waals surface area (Å²) in [6.45, 7) is 0. The van der Waals surface area contributed by atoms with Gasteiger partial charge < -0.3 is 4.42 Å². The second kappa shape index (κ2) is 7.70. The summed E-state index contributed by atoms with van der Waals surface area (Å²) in [6.07, 6.45) is 2.90. The quantitative estimate of drug-likeness (QED) is 0.382. The Morgan fingerprint density at radius 2 is 1.88 bits per heavy atom. The second-order valence-electron chi connectivity index (χ2n) is 4.86. The van der Waals surface area contributed by atoms with Gasteiger partial charge in [0.25, 0.3) is 5.91 Å². The average Bonchev–Trinajstić information content (AvgIpc) is 3.07. The van der Waals surface area contributed by atoms with Crippen molar-refractivity contribution in [3.8, 4) is 11.3 Å². The number of rotatable bonds is 4. The van der Waals surface area contributed by atoms with E-state index in [0.29, 0.717) is 32.2 Å². The van der Waals surface area contributed by atoms with Crippen LogP contribution >= 0.6 is 34.8 Å². The zero-order valence-electron chi connectivity index (χ0n) is 12.5. The van der Waals surface area contributed by atoms with E-state index in [2.05, 4.69) is 15.5 Å². The Labute approximate surface area is 158 Å². The lowest BCUT2D eigenvalue weighted by Crippen LogP contribution is -2.18. The van der Waals surface area contributed by atoms with Crippen LogP contribution in [0.2, 0.25) is 15.1 Å². The van der Waals surface area contributed by atoms with E-state index in [1.807, 2.05) is 0 Å². The first kappa shape index (κ1) is 17.5. The molecule has 0 spiro atoms. The molecule has 1 N–H and O–H groups in total. The van der Waals surface area contributed by atoms with Gasteiger partial charge in [-0.2, -0.15) is 5.10 Å². The summed E-state index contributed by atoms with van der Waals surface area (Å²) in [5, 5.41) is 4.99. The fourth-order valence-electron chi connectivity index (χ4n) is 1.99. The van der Waals surface area contributed by atoms with Crippen molar-refractivity contribution in [2.45, 2.75) is 0 Å². The normalized spacial score (nSPS) is 11.0. The number of aromatic nitrogens is 1. The Hall–Kier alpha value is -2.34. The first-order chi connectivity index (χ1) is 12.0. The van der Waals surface area contributed by atoms with Crippen molar-refractivity contribution >= 4 is 46.9 Å². The van der Waals surface area contributed by atoms with Crippen molar-refractivity contribution in [1.29, 1.82) is 0 Å². The molecule has 1 aromatic carbocycles. The molecule has 0 aliphatic carbocycles. The predicted octanol–water partition coefficient (Wildman–Crippen LogP) is 5.07. The Morgan fingerprint density at radius 3 is 2.64 bits per heavy atom. The van der Waals surface area contributed by atoms with E-state index in [-0.39, 0.29) is 5.69 Å². The number of halogens is 3. The molecule has 1 amide bonds. The van der Waals surface area contributed by atoms with Crippen LogP contribution in [0.4, 0.5) is 0 Å². The maximum absolute atomic E-state index is 11.8. The SMILES string of the molecule is O=C(NN=Cc1ccc(-c2cc(Cl)c(Cl)cc2Cl)o1)c1ccccn1. The van der Waals surface area contributed by atoms with Crippen LogP contribution < -0.4 is 5.43 Å². The van der Waals surface area contributed by atoms with Crippen molar-refractivity contribution in [1.82, 2.24) is 10.4 Å². The summed E-state index contributed by atoms with van der Waals surface area (Å²) >= 11 is 18.1. The minimum Gasteiger partial charge on any atom is -0.455 e. The van der Waals surface area contributed by atoms with E-state index >= 15 is 0 Å². The van der Waals surface area contributed by atoms with Crippen molar-refractivity contribution in [2.24, 2.45) is 5.10 Å². The first-order valence-corrected chi connectivity index (χ1v) is 8.17.